The summed E-state index contributed by atoms with van der Waals surface area (Å²) in [4.78, 5) is 37.5. The predicted octanol–water partition coefficient (Wildman–Crippen LogP) is 3.63. The molecule has 2 aromatic rings. The lowest BCUT2D eigenvalue weighted by Crippen LogP contribution is -2.45. The van der Waals surface area contributed by atoms with Gasteiger partial charge in [0.15, 0.2) is 0 Å². The number of ether oxygens (including phenoxy) is 1. The molecule has 0 aromatic heterocycles. The van der Waals surface area contributed by atoms with Gasteiger partial charge in [-0.2, -0.15) is 0 Å². The Labute approximate surface area is 187 Å². The van der Waals surface area contributed by atoms with E-state index < -0.39 is 18.1 Å². The lowest BCUT2D eigenvalue weighted by atomic mass is 9.98. The molecule has 1 saturated carbocycles. The number of carbonyl (C=O) groups excluding carboxylic acids is 2. The molecule has 0 aliphatic heterocycles. The molecule has 2 amide bonds. The second-order valence-corrected chi connectivity index (χ2v) is 8.64. The number of likely N-dealkylation sites (N-methyl/N-ethyl adjacent to an activating group) is 1. The second-order valence-electron chi connectivity index (χ2n) is 8.64. The number of benzene rings is 2. The van der Waals surface area contributed by atoms with Gasteiger partial charge < -0.3 is 20.1 Å². The van der Waals surface area contributed by atoms with Crippen molar-refractivity contribution in [1.82, 2.24) is 10.2 Å². The molecular formula is C25H28N2O5. The highest BCUT2D eigenvalue weighted by atomic mass is 16.5. The summed E-state index contributed by atoms with van der Waals surface area (Å²) in [6.45, 7) is 1.67. The molecule has 168 valence electrons. The normalized spacial score (nSPS) is 16.4. The van der Waals surface area contributed by atoms with Crippen LogP contribution in [0.5, 0.6) is 0 Å². The Hall–Kier alpha value is -3.35. The zero-order valence-corrected chi connectivity index (χ0v) is 18.3. The molecule has 0 saturated heterocycles. The Kier molecular flexibility index (Phi) is 6.17. The van der Waals surface area contributed by atoms with Crippen molar-refractivity contribution in [2.24, 2.45) is 5.92 Å². The van der Waals surface area contributed by atoms with Gasteiger partial charge in [0.25, 0.3) is 0 Å². The minimum atomic E-state index is -1.06. The smallest absolute Gasteiger partial charge is 0.407 e. The highest BCUT2D eigenvalue weighted by molar-refractivity contribution is 5.84. The van der Waals surface area contributed by atoms with Crippen LogP contribution in [0, 0.1) is 5.92 Å². The van der Waals surface area contributed by atoms with Crippen LogP contribution in [0.15, 0.2) is 48.5 Å². The number of nitrogens with zero attached hydrogens (tertiary/aromatic N) is 1. The Morgan fingerprint density at radius 3 is 2.16 bits per heavy atom. The van der Waals surface area contributed by atoms with Gasteiger partial charge in [0.2, 0.25) is 5.91 Å². The van der Waals surface area contributed by atoms with Gasteiger partial charge in [-0.3, -0.25) is 4.79 Å². The van der Waals surface area contributed by atoms with E-state index in [-0.39, 0.29) is 36.8 Å². The highest BCUT2D eigenvalue weighted by Crippen LogP contribution is 2.44. The molecule has 7 nitrogen and oxygen atoms in total. The second kappa shape index (κ2) is 9.02. The lowest BCUT2D eigenvalue weighted by molar-refractivity contribution is -0.148. The molecule has 32 heavy (non-hydrogen) atoms. The highest BCUT2D eigenvalue weighted by Gasteiger charge is 2.36. The van der Waals surface area contributed by atoms with E-state index in [0.717, 1.165) is 35.1 Å². The molecule has 0 heterocycles. The van der Waals surface area contributed by atoms with Crippen LogP contribution in [0.4, 0.5) is 4.79 Å². The van der Waals surface area contributed by atoms with Crippen molar-refractivity contribution in [3.05, 3.63) is 59.7 Å². The molecule has 2 atom stereocenters. The van der Waals surface area contributed by atoms with Gasteiger partial charge in [0.05, 0.1) is 0 Å². The third kappa shape index (κ3) is 4.47. The van der Waals surface area contributed by atoms with Crippen LogP contribution in [0.25, 0.3) is 11.1 Å². The largest absolute Gasteiger partial charge is 0.480 e. The quantitative estimate of drug-likeness (QED) is 0.659. The van der Waals surface area contributed by atoms with Crippen molar-refractivity contribution < 1.29 is 24.2 Å². The number of rotatable bonds is 8. The van der Waals surface area contributed by atoms with Crippen molar-refractivity contribution in [1.29, 1.82) is 0 Å². The molecular weight excluding hydrogens is 408 g/mol. The molecule has 1 fully saturated rings. The van der Waals surface area contributed by atoms with Crippen LogP contribution < -0.4 is 5.32 Å². The predicted molar refractivity (Wildman–Crippen MR) is 119 cm³/mol. The summed E-state index contributed by atoms with van der Waals surface area (Å²) in [7, 11) is 1.47. The van der Waals surface area contributed by atoms with Crippen molar-refractivity contribution in [2.75, 3.05) is 13.7 Å². The lowest BCUT2D eigenvalue weighted by Gasteiger charge is -2.25. The fourth-order valence-electron chi connectivity index (χ4n) is 4.34. The number of carbonyl (C=O) groups is 3. The summed E-state index contributed by atoms with van der Waals surface area (Å²) >= 11 is 0. The van der Waals surface area contributed by atoms with Crippen LogP contribution in [0.2, 0.25) is 0 Å². The molecule has 0 bridgehead atoms. The Morgan fingerprint density at radius 2 is 1.62 bits per heavy atom. The molecule has 4 rings (SSSR count). The first-order valence-electron chi connectivity index (χ1n) is 11.0. The molecule has 2 aliphatic carbocycles. The van der Waals surface area contributed by atoms with Gasteiger partial charge >= 0.3 is 12.1 Å². The number of amides is 2. The van der Waals surface area contributed by atoms with E-state index in [1.54, 1.807) is 0 Å². The van der Waals surface area contributed by atoms with Crippen molar-refractivity contribution >= 4 is 18.0 Å². The van der Waals surface area contributed by atoms with Crippen molar-refractivity contribution in [2.45, 2.75) is 44.2 Å². The van der Waals surface area contributed by atoms with Crippen molar-refractivity contribution in [3.8, 4) is 11.1 Å². The maximum Gasteiger partial charge on any atom is 0.407 e. The number of hydrogen-bond donors (Lipinski definition) is 2. The minimum Gasteiger partial charge on any atom is -0.480 e. The number of hydrogen-bond acceptors (Lipinski definition) is 4. The molecule has 2 aromatic carbocycles. The number of alkyl carbamates (subject to hydrolysis) is 1. The summed E-state index contributed by atoms with van der Waals surface area (Å²) in [5.74, 6) is -1.19. The number of nitrogens with one attached hydrogen (secondary N) is 1. The average molecular weight is 437 g/mol. The van der Waals surface area contributed by atoms with E-state index in [2.05, 4.69) is 29.6 Å². The van der Waals surface area contributed by atoms with E-state index >= 15 is 0 Å². The van der Waals surface area contributed by atoms with Crippen LogP contribution >= 0.6 is 0 Å². The number of carboxylic acids is 1. The topological polar surface area (TPSA) is 95.9 Å². The van der Waals surface area contributed by atoms with E-state index in [4.69, 9.17) is 9.84 Å². The SMILES string of the molecule is C[C@@H](C(=O)O)N(C)C(=O)CC(NC(=O)OCC1c2ccccc2-c2ccccc21)C1CC1. The third-order valence-corrected chi connectivity index (χ3v) is 6.56. The zero-order valence-electron chi connectivity index (χ0n) is 18.3. The molecule has 1 unspecified atom stereocenters. The summed E-state index contributed by atoms with van der Waals surface area (Å²) in [6, 6.07) is 15.0. The van der Waals surface area contributed by atoms with Gasteiger partial charge in [0, 0.05) is 25.4 Å². The van der Waals surface area contributed by atoms with Gasteiger partial charge in [-0.1, -0.05) is 48.5 Å². The van der Waals surface area contributed by atoms with Crippen LogP contribution in [-0.4, -0.2) is 53.7 Å². The molecule has 2 N–H and O–H groups in total. The standard InChI is InChI=1S/C25H28N2O5/c1-15(24(29)30)27(2)23(28)13-22(16-11-12-16)26-25(31)32-14-21-19-9-5-3-7-17(19)18-8-4-6-10-20(18)21/h3-10,15-16,21-22H,11-14H2,1-2H3,(H,26,31)(H,29,30)/t15-,22?/m0/s1. The van der Waals surface area contributed by atoms with Crippen LogP contribution in [-0.2, 0) is 14.3 Å². The van der Waals surface area contributed by atoms with Gasteiger partial charge in [0.1, 0.15) is 12.6 Å². The van der Waals surface area contributed by atoms with Gasteiger partial charge in [-0.25, -0.2) is 9.59 Å². The Balaban J connectivity index is 1.38. The van der Waals surface area contributed by atoms with E-state index in [0.29, 0.717) is 0 Å². The molecule has 0 radical (unpaired) electrons. The van der Waals surface area contributed by atoms with E-state index in [9.17, 15) is 14.4 Å². The van der Waals surface area contributed by atoms with Gasteiger partial charge in [-0.05, 0) is 47.9 Å². The number of carboxylic acid groups (broad SMARTS) is 1. The molecule has 0 spiro atoms. The first kappa shape index (κ1) is 21.9. The Morgan fingerprint density at radius 1 is 1.06 bits per heavy atom. The monoisotopic (exact) mass is 436 g/mol. The maximum atomic E-state index is 12.6. The summed E-state index contributed by atoms with van der Waals surface area (Å²) in [5, 5.41) is 12.0. The fourth-order valence-corrected chi connectivity index (χ4v) is 4.34. The number of fused-ring (bicyclic) bond motifs is 3. The average Bonchev–Trinajstić information content (AvgIpc) is 3.59. The first-order valence-corrected chi connectivity index (χ1v) is 11.0. The number of aliphatic carboxylic acids is 1. The summed E-state index contributed by atoms with van der Waals surface area (Å²) < 4.78 is 5.61. The molecule has 7 heteroatoms. The first-order chi connectivity index (χ1) is 15.4. The summed E-state index contributed by atoms with van der Waals surface area (Å²) in [5.41, 5.74) is 4.60. The van der Waals surface area contributed by atoms with Crippen LogP contribution in [0.3, 0.4) is 0 Å². The van der Waals surface area contributed by atoms with Crippen LogP contribution in [0.1, 0.15) is 43.2 Å². The van der Waals surface area contributed by atoms with Crippen molar-refractivity contribution in [3.63, 3.8) is 0 Å². The van der Waals surface area contributed by atoms with E-state index in [1.807, 2.05) is 24.3 Å². The Bertz CT molecular complexity index is 987. The minimum absolute atomic E-state index is 0.0308. The van der Waals surface area contributed by atoms with E-state index in [1.165, 1.54) is 18.9 Å². The van der Waals surface area contributed by atoms with Gasteiger partial charge in [-0.15, -0.1) is 0 Å². The molecule has 2 aliphatic rings. The summed E-state index contributed by atoms with van der Waals surface area (Å²) in [6.07, 6.45) is 1.37. The zero-order chi connectivity index (χ0) is 22.8. The maximum absolute atomic E-state index is 12.6. The fraction of sp³-hybridized carbons (Fsp3) is 0.400. The third-order valence-electron chi connectivity index (χ3n) is 6.56.